The predicted molar refractivity (Wildman–Crippen MR) is 78.8 cm³/mol. The van der Waals surface area contributed by atoms with Crippen molar-refractivity contribution in [3.8, 4) is 0 Å². The first-order valence-corrected chi connectivity index (χ1v) is 9.31. The van der Waals surface area contributed by atoms with Gasteiger partial charge in [0.05, 0.1) is 6.26 Å². The summed E-state index contributed by atoms with van der Waals surface area (Å²) < 4.78 is 40.0. The zero-order valence-corrected chi connectivity index (χ0v) is 12.5. The normalized spacial score (nSPS) is 12.2. The second kappa shape index (κ2) is 5.89. The van der Waals surface area contributed by atoms with Crippen LogP contribution in [0.4, 0.5) is 0 Å². The monoisotopic (exact) mass is 311 g/mol. The standard InChI is InChI=1S/C13H14NO4PS/c1-20(16,17)18-14-19(15,12-8-4-2-5-9-12)13-10-6-3-7-11-13/h2-11H,1H3,(H,14,15). The van der Waals surface area contributed by atoms with Crippen molar-refractivity contribution in [1.82, 2.24) is 5.25 Å². The van der Waals surface area contributed by atoms with E-state index in [4.69, 9.17) is 0 Å². The van der Waals surface area contributed by atoms with Gasteiger partial charge >= 0.3 is 0 Å². The van der Waals surface area contributed by atoms with Crippen LogP contribution >= 0.6 is 7.29 Å². The van der Waals surface area contributed by atoms with Crippen molar-refractivity contribution in [2.75, 3.05) is 6.26 Å². The van der Waals surface area contributed by atoms with E-state index in [2.05, 4.69) is 9.53 Å². The molecule has 2 aromatic rings. The van der Waals surface area contributed by atoms with Gasteiger partial charge in [0.15, 0.2) is 0 Å². The molecule has 106 valence electrons. The Labute approximate surface area is 118 Å². The van der Waals surface area contributed by atoms with Crippen LogP contribution in [0.3, 0.4) is 0 Å². The Balaban J connectivity index is 2.47. The van der Waals surface area contributed by atoms with Gasteiger partial charge in [-0.1, -0.05) is 36.4 Å². The van der Waals surface area contributed by atoms with Gasteiger partial charge in [-0.3, -0.25) is 4.57 Å². The first-order valence-electron chi connectivity index (χ1n) is 5.79. The Bertz CT molecular complexity index is 673. The van der Waals surface area contributed by atoms with Crippen LogP contribution in [0, 0.1) is 0 Å². The molecule has 2 aromatic carbocycles. The first-order chi connectivity index (χ1) is 9.42. The average Bonchev–Trinajstić information content (AvgIpc) is 2.46. The zero-order chi connectivity index (χ0) is 14.6. The van der Waals surface area contributed by atoms with E-state index in [1.165, 1.54) is 0 Å². The Morgan fingerprint density at radius 3 is 1.65 bits per heavy atom. The van der Waals surface area contributed by atoms with Crippen molar-refractivity contribution in [2.24, 2.45) is 0 Å². The number of benzene rings is 2. The SMILES string of the molecule is CS(=O)(=O)ONP(=O)(c1ccccc1)c1ccccc1. The lowest BCUT2D eigenvalue weighted by atomic mass is 10.4. The van der Waals surface area contributed by atoms with Crippen LogP contribution in [0.25, 0.3) is 0 Å². The summed E-state index contributed by atoms with van der Waals surface area (Å²) in [5.74, 6) is 0. The largest absolute Gasteiger partial charge is 0.294 e. The lowest BCUT2D eigenvalue weighted by Crippen LogP contribution is -2.29. The topological polar surface area (TPSA) is 72.5 Å². The van der Waals surface area contributed by atoms with Gasteiger partial charge in [0, 0.05) is 10.6 Å². The van der Waals surface area contributed by atoms with E-state index >= 15 is 0 Å². The smallest absolute Gasteiger partial charge is 0.280 e. The number of rotatable bonds is 5. The maximum atomic E-state index is 13.2. The summed E-state index contributed by atoms with van der Waals surface area (Å²) >= 11 is 0. The van der Waals surface area contributed by atoms with E-state index in [9.17, 15) is 13.0 Å². The number of hydrogen-bond donors (Lipinski definition) is 1. The summed E-state index contributed by atoms with van der Waals surface area (Å²) in [6.45, 7) is 0. The van der Waals surface area contributed by atoms with E-state index in [0.29, 0.717) is 10.6 Å². The summed E-state index contributed by atoms with van der Waals surface area (Å²) in [5.41, 5.74) is 0. The highest BCUT2D eigenvalue weighted by Crippen LogP contribution is 2.38. The third-order valence-corrected chi connectivity index (χ3v) is 5.47. The Hall–Kier alpha value is -1.46. The summed E-state index contributed by atoms with van der Waals surface area (Å²) in [5, 5.41) is 3.17. The highest BCUT2D eigenvalue weighted by Gasteiger charge is 2.28. The van der Waals surface area contributed by atoms with Gasteiger partial charge in [-0.2, -0.15) is 12.7 Å². The summed E-state index contributed by atoms with van der Waals surface area (Å²) in [4.78, 5) is 0. The van der Waals surface area contributed by atoms with Gasteiger partial charge in [0.25, 0.3) is 10.1 Å². The van der Waals surface area contributed by atoms with Crippen LogP contribution in [0.2, 0.25) is 0 Å². The van der Waals surface area contributed by atoms with E-state index in [-0.39, 0.29) is 0 Å². The summed E-state index contributed by atoms with van der Waals surface area (Å²) in [6.07, 6.45) is 0.889. The maximum absolute atomic E-state index is 13.2. The van der Waals surface area contributed by atoms with E-state index in [1.807, 2.05) is 0 Å². The minimum atomic E-state index is -3.76. The molecule has 0 saturated carbocycles. The Morgan fingerprint density at radius 2 is 1.30 bits per heavy atom. The van der Waals surface area contributed by atoms with Crippen molar-refractivity contribution in [2.45, 2.75) is 0 Å². The number of nitrogens with one attached hydrogen (secondary N) is 1. The molecule has 5 nitrogen and oxygen atoms in total. The third kappa shape index (κ3) is 3.55. The van der Waals surface area contributed by atoms with Crippen LogP contribution in [0.15, 0.2) is 60.7 Å². The van der Waals surface area contributed by atoms with Gasteiger partial charge < -0.3 is 0 Å². The fraction of sp³-hybridized carbons (Fsp3) is 0.0769. The lowest BCUT2D eigenvalue weighted by molar-refractivity contribution is 0.279. The van der Waals surface area contributed by atoms with Gasteiger partial charge in [-0.05, 0) is 24.3 Å². The van der Waals surface area contributed by atoms with E-state index in [0.717, 1.165) is 6.26 Å². The summed E-state index contributed by atoms with van der Waals surface area (Å²) in [7, 11) is -7.13. The first kappa shape index (κ1) is 14.9. The lowest BCUT2D eigenvalue weighted by Gasteiger charge is -2.19. The highest BCUT2D eigenvalue weighted by molar-refractivity contribution is 7.86. The molecule has 20 heavy (non-hydrogen) atoms. The zero-order valence-electron chi connectivity index (χ0n) is 10.8. The third-order valence-electron chi connectivity index (χ3n) is 2.56. The molecule has 0 atom stereocenters. The molecule has 0 aromatic heterocycles. The van der Waals surface area contributed by atoms with Crippen LogP contribution < -0.4 is 15.9 Å². The molecule has 0 unspecified atom stereocenters. The van der Waals surface area contributed by atoms with Gasteiger partial charge in [-0.25, -0.2) is 0 Å². The number of hydrogen-bond acceptors (Lipinski definition) is 4. The molecule has 0 saturated heterocycles. The molecular formula is C13H14NO4PS. The Morgan fingerprint density at radius 1 is 0.900 bits per heavy atom. The molecule has 7 heteroatoms. The van der Waals surface area contributed by atoms with Gasteiger partial charge in [-0.15, -0.1) is 5.25 Å². The second-order valence-electron chi connectivity index (χ2n) is 4.16. The van der Waals surface area contributed by atoms with Crippen LogP contribution in [-0.2, 0) is 19.0 Å². The second-order valence-corrected chi connectivity index (χ2v) is 8.17. The van der Waals surface area contributed by atoms with Crippen LogP contribution in [0.1, 0.15) is 0 Å². The molecule has 0 bridgehead atoms. The minimum absolute atomic E-state index is 0.467. The molecule has 1 N–H and O–H groups in total. The molecule has 0 heterocycles. The van der Waals surface area contributed by atoms with E-state index in [1.54, 1.807) is 60.7 Å². The molecule has 0 amide bonds. The van der Waals surface area contributed by atoms with Crippen LogP contribution in [-0.4, -0.2) is 14.7 Å². The van der Waals surface area contributed by atoms with E-state index < -0.39 is 17.4 Å². The highest BCUT2D eigenvalue weighted by atomic mass is 32.2. The fourth-order valence-electron chi connectivity index (χ4n) is 1.65. The predicted octanol–water partition coefficient (Wildman–Crippen LogP) is 1.40. The Kier molecular flexibility index (Phi) is 4.40. The van der Waals surface area contributed by atoms with Crippen molar-refractivity contribution in [3.63, 3.8) is 0 Å². The van der Waals surface area contributed by atoms with Crippen molar-refractivity contribution < 1.29 is 17.3 Å². The minimum Gasteiger partial charge on any atom is -0.294 e. The molecule has 0 aliphatic rings. The van der Waals surface area contributed by atoms with Crippen molar-refractivity contribution in [3.05, 3.63) is 60.7 Å². The maximum Gasteiger partial charge on any atom is 0.280 e. The molecule has 0 spiro atoms. The average molecular weight is 311 g/mol. The van der Waals surface area contributed by atoms with Crippen molar-refractivity contribution in [1.29, 1.82) is 0 Å². The quantitative estimate of drug-likeness (QED) is 0.667. The molecule has 0 radical (unpaired) electrons. The van der Waals surface area contributed by atoms with Gasteiger partial charge in [0.1, 0.15) is 0 Å². The molecule has 0 aliphatic carbocycles. The molecule has 2 rings (SSSR count). The molecular weight excluding hydrogens is 297 g/mol. The molecule has 0 fully saturated rings. The fourth-order valence-corrected chi connectivity index (χ4v) is 4.30. The molecule has 0 aliphatic heterocycles. The van der Waals surface area contributed by atoms with Crippen molar-refractivity contribution >= 4 is 28.0 Å². The van der Waals surface area contributed by atoms with Gasteiger partial charge in [0.2, 0.25) is 7.29 Å². The van der Waals surface area contributed by atoms with Crippen LogP contribution in [0.5, 0.6) is 0 Å². The summed E-state index contributed by atoms with van der Waals surface area (Å²) in [6, 6.07) is 17.1.